The average molecular weight is 363 g/mol. The van der Waals surface area contributed by atoms with Gasteiger partial charge in [-0.05, 0) is 69.4 Å². The number of carbonyl (C=O) groups is 1. The molecule has 0 N–H and O–H groups in total. The standard InChI is InChI=1S/C21H33NO4/c1-3-22(4-2)13-6-8-15-25-21(23)19-11-9-10-18(16-19)17-26-20-12-5-7-14-24-20/h9-11,16,20H,3-8,12-15,17H2,1-2H3. The lowest BCUT2D eigenvalue weighted by Gasteiger charge is -2.22. The Morgan fingerprint density at radius 3 is 2.81 bits per heavy atom. The van der Waals surface area contributed by atoms with E-state index in [9.17, 15) is 4.79 Å². The summed E-state index contributed by atoms with van der Waals surface area (Å²) < 4.78 is 16.8. The highest BCUT2D eigenvalue weighted by Crippen LogP contribution is 2.16. The highest BCUT2D eigenvalue weighted by Gasteiger charge is 2.14. The van der Waals surface area contributed by atoms with E-state index in [0.29, 0.717) is 18.8 Å². The van der Waals surface area contributed by atoms with E-state index in [0.717, 1.165) is 63.9 Å². The topological polar surface area (TPSA) is 48.0 Å². The van der Waals surface area contributed by atoms with Crippen LogP contribution in [0.3, 0.4) is 0 Å². The van der Waals surface area contributed by atoms with Crippen molar-refractivity contribution in [2.45, 2.75) is 58.8 Å². The number of ether oxygens (including phenoxy) is 3. The fourth-order valence-electron chi connectivity index (χ4n) is 3.05. The Labute approximate surface area is 157 Å². The molecular formula is C21H33NO4. The minimum Gasteiger partial charge on any atom is -0.462 e. The molecular weight excluding hydrogens is 330 g/mol. The SMILES string of the molecule is CCN(CC)CCCCOC(=O)c1cccc(COC2CCCCO2)c1. The summed E-state index contributed by atoms with van der Waals surface area (Å²) in [6, 6.07) is 7.47. The molecule has 1 aliphatic rings. The number of carbonyl (C=O) groups excluding carboxylic acids is 1. The lowest BCUT2D eigenvalue weighted by Crippen LogP contribution is -2.24. The van der Waals surface area contributed by atoms with Crippen LogP contribution in [0, 0.1) is 0 Å². The largest absolute Gasteiger partial charge is 0.462 e. The van der Waals surface area contributed by atoms with Crippen molar-refractivity contribution >= 4 is 5.97 Å². The summed E-state index contributed by atoms with van der Waals surface area (Å²) in [7, 11) is 0. The van der Waals surface area contributed by atoms with Crippen LogP contribution in [-0.4, -0.2) is 50.0 Å². The molecule has 1 fully saturated rings. The zero-order valence-electron chi connectivity index (χ0n) is 16.2. The van der Waals surface area contributed by atoms with Crippen molar-refractivity contribution in [3.63, 3.8) is 0 Å². The van der Waals surface area contributed by atoms with Gasteiger partial charge in [-0.3, -0.25) is 0 Å². The number of esters is 1. The predicted octanol–water partition coefficient (Wildman–Crippen LogP) is 4.01. The van der Waals surface area contributed by atoms with Crippen molar-refractivity contribution < 1.29 is 19.0 Å². The van der Waals surface area contributed by atoms with E-state index in [1.807, 2.05) is 18.2 Å². The van der Waals surface area contributed by atoms with Crippen LogP contribution < -0.4 is 0 Å². The fourth-order valence-corrected chi connectivity index (χ4v) is 3.05. The summed E-state index contributed by atoms with van der Waals surface area (Å²) in [5.74, 6) is -0.261. The first-order valence-corrected chi connectivity index (χ1v) is 9.94. The van der Waals surface area contributed by atoms with Gasteiger partial charge in [0, 0.05) is 6.61 Å². The third kappa shape index (κ3) is 7.44. The monoisotopic (exact) mass is 363 g/mol. The molecule has 5 nitrogen and oxygen atoms in total. The number of hydrogen-bond donors (Lipinski definition) is 0. The smallest absolute Gasteiger partial charge is 0.338 e. The summed E-state index contributed by atoms with van der Waals surface area (Å²) in [5.41, 5.74) is 1.55. The highest BCUT2D eigenvalue weighted by atomic mass is 16.7. The third-order valence-corrected chi connectivity index (χ3v) is 4.73. The predicted molar refractivity (Wildman–Crippen MR) is 102 cm³/mol. The Hall–Kier alpha value is -1.43. The van der Waals surface area contributed by atoms with E-state index in [4.69, 9.17) is 14.2 Å². The average Bonchev–Trinajstić information content (AvgIpc) is 2.70. The molecule has 5 heteroatoms. The van der Waals surface area contributed by atoms with Crippen molar-refractivity contribution in [3.8, 4) is 0 Å². The third-order valence-electron chi connectivity index (χ3n) is 4.73. The second-order valence-corrected chi connectivity index (χ2v) is 6.68. The number of hydrogen-bond acceptors (Lipinski definition) is 5. The van der Waals surface area contributed by atoms with Crippen molar-refractivity contribution in [3.05, 3.63) is 35.4 Å². The van der Waals surface area contributed by atoms with E-state index in [1.54, 1.807) is 6.07 Å². The molecule has 0 aliphatic carbocycles. The van der Waals surface area contributed by atoms with Gasteiger partial charge in [0.2, 0.25) is 0 Å². The van der Waals surface area contributed by atoms with Gasteiger partial charge in [-0.25, -0.2) is 4.79 Å². The van der Waals surface area contributed by atoms with Gasteiger partial charge in [-0.2, -0.15) is 0 Å². The fraction of sp³-hybridized carbons (Fsp3) is 0.667. The molecule has 1 saturated heterocycles. The molecule has 1 aliphatic heterocycles. The molecule has 1 aromatic carbocycles. The highest BCUT2D eigenvalue weighted by molar-refractivity contribution is 5.89. The summed E-state index contributed by atoms with van der Waals surface area (Å²) in [4.78, 5) is 14.6. The van der Waals surface area contributed by atoms with Gasteiger partial charge in [0.05, 0.1) is 18.8 Å². The molecule has 0 aromatic heterocycles. The van der Waals surface area contributed by atoms with Crippen LogP contribution >= 0.6 is 0 Å². The van der Waals surface area contributed by atoms with Crippen LogP contribution in [0.5, 0.6) is 0 Å². The van der Waals surface area contributed by atoms with Gasteiger partial charge >= 0.3 is 5.97 Å². The molecule has 1 heterocycles. The maximum absolute atomic E-state index is 12.2. The molecule has 2 rings (SSSR count). The van der Waals surface area contributed by atoms with Crippen LogP contribution in [-0.2, 0) is 20.8 Å². The lowest BCUT2D eigenvalue weighted by molar-refractivity contribution is -0.168. The van der Waals surface area contributed by atoms with Crippen LogP contribution in [0.1, 0.15) is 61.9 Å². The zero-order valence-corrected chi connectivity index (χ0v) is 16.2. The minimum absolute atomic E-state index is 0.120. The molecule has 1 atom stereocenters. The Bertz CT molecular complexity index is 524. The summed E-state index contributed by atoms with van der Waals surface area (Å²) in [5, 5.41) is 0. The second-order valence-electron chi connectivity index (χ2n) is 6.68. The molecule has 0 bridgehead atoms. The molecule has 0 spiro atoms. The molecule has 26 heavy (non-hydrogen) atoms. The van der Waals surface area contributed by atoms with E-state index >= 15 is 0 Å². The molecule has 1 aromatic rings. The Morgan fingerprint density at radius 1 is 1.23 bits per heavy atom. The normalized spacial score (nSPS) is 17.4. The van der Waals surface area contributed by atoms with Gasteiger partial charge in [0.25, 0.3) is 0 Å². The van der Waals surface area contributed by atoms with Crippen molar-refractivity contribution in [2.75, 3.05) is 32.8 Å². The maximum atomic E-state index is 12.2. The van der Waals surface area contributed by atoms with Crippen molar-refractivity contribution in [1.82, 2.24) is 4.90 Å². The molecule has 0 radical (unpaired) electrons. The lowest BCUT2D eigenvalue weighted by atomic mass is 10.1. The van der Waals surface area contributed by atoms with E-state index in [1.165, 1.54) is 0 Å². The van der Waals surface area contributed by atoms with Crippen molar-refractivity contribution in [1.29, 1.82) is 0 Å². The quantitative estimate of drug-likeness (QED) is 0.439. The summed E-state index contributed by atoms with van der Waals surface area (Å²) >= 11 is 0. The number of nitrogens with zero attached hydrogens (tertiary/aromatic N) is 1. The molecule has 0 amide bonds. The van der Waals surface area contributed by atoms with Gasteiger partial charge in [-0.15, -0.1) is 0 Å². The summed E-state index contributed by atoms with van der Waals surface area (Å²) in [6.45, 7) is 9.22. The van der Waals surface area contributed by atoms with Crippen LogP contribution in [0.15, 0.2) is 24.3 Å². The Morgan fingerprint density at radius 2 is 2.08 bits per heavy atom. The molecule has 1 unspecified atom stereocenters. The molecule has 0 saturated carbocycles. The number of benzene rings is 1. The van der Waals surface area contributed by atoms with Crippen LogP contribution in [0.2, 0.25) is 0 Å². The van der Waals surface area contributed by atoms with Gasteiger partial charge in [-0.1, -0.05) is 26.0 Å². The zero-order chi connectivity index (χ0) is 18.6. The van der Waals surface area contributed by atoms with Crippen LogP contribution in [0.4, 0.5) is 0 Å². The van der Waals surface area contributed by atoms with Gasteiger partial charge in [0.1, 0.15) is 0 Å². The number of rotatable bonds is 11. The molecule has 146 valence electrons. The minimum atomic E-state index is -0.261. The Kier molecular flexibility index (Phi) is 9.67. The van der Waals surface area contributed by atoms with E-state index < -0.39 is 0 Å². The van der Waals surface area contributed by atoms with Gasteiger partial charge in [0.15, 0.2) is 6.29 Å². The second kappa shape index (κ2) is 12.0. The first-order valence-electron chi connectivity index (χ1n) is 9.94. The Balaban J connectivity index is 1.69. The first kappa shape index (κ1) is 20.9. The van der Waals surface area contributed by atoms with Gasteiger partial charge < -0.3 is 19.1 Å². The maximum Gasteiger partial charge on any atom is 0.338 e. The first-order chi connectivity index (χ1) is 12.7. The van der Waals surface area contributed by atoms with Crippen LogP contribution in [0.25, 0.3) is 0 Å². The van der Waals surface area contributed by atoms with E-state index in [2.05, 4.69) is 18.7 Å². The number of unbranched alkanes of at least 4 members (excludes halogenated alkanes) is 1. The van der Waals surface area contributed by atoms with Crippen molar-refractivity contribution in [2.24, 2.45) is 0 Å². The summed E-state index contributed by atoms with van der Waals surface area (Å²) in [6.07, 6.45) is 5.01. The van der Waals surface area contributed by atoms with E-state index in [-0.39, 0.29) is 12.3 Å².